The van der Waals surface area contributed by atoms with E-state index in [4.69, 9.17) is 9.47 Å². The van der Waals surface area contributed by atoms with Crippen molar-refractivity contribution in [1.82, 2.24) is 0 Å². The summed E-state index contributed by atoms with van der Waals surface area (Å²) in [7, 11) is 0. The smallest absolute Gasteiger partial charge is 0.163 e. The first-order valence-electron chi connectivity index (χ1n) is 6.64. The summed E-state index contributed by atoms with van der Waals surface area (Å²) < 4.78 is 12.2. The van der Waals surface area contributed by atoms with Gasteiger partial charge in [-0.25, -0.2) is 0 Å². The van der Waals surface area contributed by atoms with Crippen LogP contribution >= 0.6 is 15.9 Å². The summed E-state index contributed by atoms with van der Waals surface area (Å²) in [6.07, 6.45) is 0. The highest BCUT2D eigenvalue weighted by molar-refractivity contribution is 9.10. The number of rotatable bonds is 3. The molecule has 3 rings (SSSR count). The Bertz CT molecular complexity index is 598. The van der Waals surface area contributed by atoms with E-state index in [1.54, 1.807) is 0 Å². The SMILES string of the molecule is CC(Nc1ccc2c(c1)OCCO2)c1ccc(Br)cc1. The summed E-state index contributed by atoms with van der Waals surface area (Å²) in [5.74, 6) is 1.63. The lowest BCUT2D eigenvalue weighted by Crippen LogP contribution is -2.15. The molecule has 0 saturated carbocycles. The molecule has 1 aliphatic rings. The van der Waals surface area contributed by atoms with Gasteiger partial charge in [0, 0.05) is 22.3 Å². The van der Waals surface area contributed by atoms with E-state index in [9.17, 15) is 0 Å². The number of hydrogen-bond donors (Lipinski definition) is 1. The molecule has 1 atom stereocenters. The van der Waals surface area contributed by atoms with Gasteiger partial charge in [-0.05, 0) is 36.8 Å². The lowest BCUT2D eigenvalue weighted by Gasteiger charge is -2.21. The number of anilines is 1. The Balaban J connectivity index is 1.75. The van der Waals surface area contributed by atoms with E-state index in [-0.39, 0.29) is 6.04 Å². The van der Waals surface area contributed by atoms with E-state index in [2.05, 4.69) is 52.4 Å². The Labute approximate surface area is 127 Å². The van der Waals surface area contributed by atoms with Gasteiger partial charge < -0.3 is 14.8 Å². The van der Waals surface area contributed by atoms with Crippen molar-refractivity contribution < 1.29 is 9.47 Å². The first-order valence-corrected chi connectivity index (χ1v) is 7.43. The third-order valence-electron chi connectivity index (χ3n) is 3.30. The van der Waals surface area contributed by atoms with E-state index in [1.165, 1.54) is 5.56 Å². The first-order chi connectivity index (χ1) is 9.72. The van der Waals surface area contributed by atoms with Crippen LogP contribution < -0.4 is 14.8 Å². The van der Waals surface area contributed by atoms with Gasteiger partial charge in [0.2, 0.25) is 0 Å². The van der Waals surface area contributed by atoms with Crippen molar-refractivity contribution in [3.8, 4) is 11.5 Å². The quantitative estimate of drug-likeness (QED) is 0.903. The molecule has 0 spiro atoms. The van der Waals surface area contributed by atoms with Crippen LogP contribution in [0.2, 0.25) is 0 Å². The molecule has 0 saturated heterocycles. The third kappa shape index (κ3) is 2.90. The van der Waals surface area contributed by atoms with Crippen LogP contribution in [0.15, 0.2) is 46.9 Å². The minimum absolute atomic E-state index is 0.227. The Morgan fingerprint density at radius 2 is 1.70 bits per heavy atom. The molecular formula is C16H16BrNO2. The average molecular weight is 334 g/mol. The lowest BCUT2D eigenvalue weighted by molar-refractivity contribution is 0.171. The fraction of sp³-hybridized carbons (Fsp3) is 0.250. The van der Waals surface area contributed by atoms with Gasteiger partial charge in [-0.15, -0.1) is 0 Å². The van der Waals surface area contributed by atoms with Gasteiger partial charge in [-0.3, -0.25) is 0 Å². The number of ether oxygens (including phenoxy) is 2. The van der Waals surface area contributed by atoms with Gasteiger partial charge in [0.15, 0.2) is 11.5 Å². The van der Waals surface area contributed by atoms with Crippen LogP contribution in [-0.4, -0.2) is 13.2 Å². The maximum atomic E-state index is 5.60. The van der Waals surface area contributed by atoms with Gasteiger partial charge in [0.25, 0.3) is 0 Å². The zero-order valence-corrected chi connectivity index (χ0v) is 12.8. The van der Waals surface area contributed by atoms with Crippen molar-refractivity contribution in [3.05, 3.63) is 52.5 Å². The molecule has 0 fully saturated rings. The second-order valence-corrected chi connectivity index (χ2v) is 5.69. The summed E-state index contributed by atoms with van der Waals surface area (Å²) in [6, 6.07) is 14.5. The van der Waals surface area contributed by atoms with Crippen LogP contribution in [0.4, 0.5) is 5.69 Å². The Hall–Kier alpha value is -1.68. The van der Waals surface area contributed by atoms with E-state index < -0.39 is 0 Å². The second-order valence-electron chi connectivity index (χ2n) is 4.78. The molecule has 1 aliphatic heterocycles. The lowest BCUT2D eigenvalue weighted by atomic mass is 10.1. The van der Waals surface area contributed by atoms with Crippen LogP contribution in [0.1, 0.15) is 18.5 Å². The van der Waals surface area contributed by atoms with Crippen molar-refractivity contribution >= 4 is 21.6 Å². The molecule has 0 bridgehead atoms. The molecule has 0 radical (unpaired) electrons. The number of hydrogen-bond acceptors (Lipinski definition) is 3. The van der Waals surface area contributed by atoms with Crippen LogP contribution in [0.5, 0.6) is 11.5 Å². The fourth-order valence-corrected chi connectivity index (χ4v) is 2.48. The normalized spacial score (nSPS) is 14.7. The maximum Gasteiger partial charge on any atom is 0.163 e. The molecule has 1 heterocycles. The first kappa shape index (κ1) is 13.3. The van der Waals surface area contributed by atoms with Crippen molar-refractivity contribution in [2.45, 2.75) is 13.0 Å². The standard InChI is InChI=1S/C16H16BrNO2/c1-11(12-2-4-13(17)5-3-12)18-14-6-7-15-16(10-14)20-9-8-19-15/h2-7,10-11,18H,8-9H2,1H3. The molecule has 104 valence electrons. The van der Waals surface area contributed by atoms with Gasteiger partial charge >= 0.3 is 0 Å². The van der Waals surface area contributed by atoms with E-state index in [1.807, 2.05) is 18.2 Å². The maximum absolute atomic E-state index is 5.60. The zero-order valence-electron chi connectivity index (χ0n) is 11.2. The number of halogens is 1. The molecule has 4 heteroatoms. The monoisotopic (exact) mass is 333 g/mol. The molecule has 3 nitrogen and oxygen atoms in total. The zero-order chi connectivity index (χ0) is 13.9. The van der Waals surface area contributed by atoms with Crippen molar-refractivity contribution in [2.75, 3.05) is 18.5 Å². The molecule has 0 aromatic heterocycles. The predicted octanol–water partition coefficient (Wildman–Crippen LogP) is 4.39. The average Bonchev–Trinajstić information content (AvgIpc) is 2.48. The highest BCUT2D eigenvalue weighted by Gasteiger charge is 2.13. The molecular weight excluding hydrogens is 318 g/mol. The third-order valence-corrected chi connectivity index (χ3v) is 3.82. The largest absolute Gasteiger partial charge is 0.486 e. The van der Waals surface area contributed by atoms with Crippen LogP contribution in [0.3, 0.4) is 0 Å². The fourth-order valence-electron chi connectivity index (χ4n) is 2.22. The topological polar surface area (TPSA) is 30.5 Å². The molecule has 0 amide bonds. The number of nitrogens with one attached hydrogen (secondary N) is 1. The van der Waals surface area contributed by atoms with Gasteiger partial charge in [0.05, 0.1) is 0 Å². The summed E-state index contributed by atoms with van der Waals surface area (Å²) in [5, 5.41) is 3.48. The van der Waals surface area contributed by atoms with Crippen LogP contribution in [0.25, 0.3) is 0 Å². The second kappa shape index (κ2) is 5.75. The van der Waals surface area contributed by atoms with Crippen molar-refractivity contribution in [3.63, 3.8) is 0 Å². The summed E-state index contributed by atoms with van der Waals surface area (Å²) in [6.45, 7) is 3.37. The molecule has 1 unspecified atom stereocenters. The summed E-state index contributed by atoms with van der Waals surface area (Å²) >= 11 is 3.45. The minimum Gasteiger partial charge on any atom is -0.486 e. The molecule has 20 heavy (non-hydrogen) atoms. The van der Waals surface area contributed by atoms with E-state index in [0.29, 0.717) is 13.2 Å². The Morgan fingerprint density at radius 3 is 2.45 bits per heavy atom. The van der Waals surface area contributed by atoms with E-state index in [0.717, 1.165) is 21.7 Å². The van der Waals surface area contributed by atoms with Crippen molar-refractivity contribution in [2.24, 2.45) is 0 Å². The molecule has 1 N–H and O–H groups in total. The number of fused-ring (bicyclic) bond motifs is 1. The summed E-state index contributed by atoms with van der Waals surface area (Å²) in [5.41, 5.74) is 2.27. The highest BCUT2D eigenvalue weighted by atomic mass is 79.9. The highest BCUT2D eigenvalue weighted by Crippen LogP contribution is 2.33. The van der Waals surface area contributed by atoms with Gasteiger partial charge in [-0.2, -0.15) is 0 Å². The molecule has 2 aromatic carbocycles. The predicted molar refractivity (Wildman–Crippen MR) is 83.6 cm³/mol. The van der Waals surface area contributed by atoms with Crippen LogP contribution in [-0.2, 0) is 0 Å². The van der Waals surface area contributed by atoms with E-state index >= 15 is 0 Å². The van der Waals surface area contributed by atoms with Crippen molar-refractivity contribution in [1.29, 1.82) is 0 Å². The van der Waals surface area contributed by atoms with Crippen LogP contribution in [0, 0.1) is 0 Å². The molecule has 0 aliphatic carbocycles. The Kier molecular flexibility index (Phi) is 3.83. The number of benzene rings is 2. The Morgan fingerprint density at radius 1 is 1.00 bits per heavy atom. The summed E-state index contributed by atoms with van der Waals surface area (Å²) in [4.78, 5) is 0. The van der Waals surface area contributed by atoms with Gasteiger partial charge in [0.1, 0.15) is 13.2 Å². The minimum atomic E-state index is 0.227. The van der Waals surface area contributed by atoms with Gasteiger partial charge in [-0.1, -0.05) is 28.1 Å². The molecule has 2 aromatic rings.